The molecule has 0 heterocycles. The van der Waals surface area contributed by atoms with Gasteiger partial charge in [-0.2, -0.15) is 0 Å². The van der Waals surface area contributed by atoms with Crippen LogP contribution < -0.4 is 5.32 Å². The number of rotatable bonds is 5. The second-order valence-corrected chi connectivity index (χ2v) is 5.81. The minimum Gasteiger partial charge on any atom is -0.457 e. The van der Waals surface area contributed by atoms with E-state index in [9.17, 15) is 31.5 Å². The molecule has 4 nitrogen and oxygen atoms in total. The Bertz CT molecular complexity index is 904. The first kappa shape index (κ1) is 20.6. The fraction of sp³-hybridized carbons (Fsp3) is 0.0588. The molecular formula is C17H9BrF5NO3. The van der Waals surface area contributed by atoms with Gasteiger partial charge in [0.25, 0.3) is 0 Å². The van der Waals surface area contributed by atoms with Crippen molar-refractivity contribution in [2.45, 2.75) is 6.61 Å². The summed E-state index contributed by atoms with van der Waals surface area (Å²) in [7, 11) is 0. The molecule has 2 rings (SSSR count). The minimum atomic E-state index is -2.32. The van der Waals surface area contributed by atoms with Gasteiger partial charge in [0.1, 0.15) is 6.61 Å². The van der Waals surface area contributed by atoms with Crippen molar-refractivity contribution in [2.24, 2.45) is 0 Å². The first-order chi connectivity index (χ1) is 12.7. The van der Waals surface area contributed by atoms with Gasteiger partial charge in [-0.1, -0.05) is 12.1 Å². The van der Waals surface area contributed by atoms with E-state index in [0.717, 1.165) is 6.08 Å². The Labute approximate surface area is 157 Å². The van der Waals surface area contributed by atoms with Crippen molar-refractivity contribution in [2.75, 3.05) is 5.32 Å². The summed E-state index contributed by atoms with van der Waals surface area (Å²) in [6, 6.07) is 6.61. The number of ether oxygens (including phenoxy) is 1. The van der Waals surface area contributed by atoms with Gasteiger partial charge < -0.3 is 10.1 Å². The smallest absolute Gasteiger partial charge is 0.331 e. The number of esters is 1. The molecule has 142 valence electrons. The average Bonchev–Trinajstić information content (AvgIpc) is 2.65. The zero-order chi connectivity index (χ0) is 20.1. The Morgan fingerprint density at radius 3 is 2.07 bits per heavy atom. The molecule has 0 atom stereocenters. The maximum absolute atomic E-state index is 13.4. The van der Waals surface area contributed by atoms with E-state index < -0.39 is 53.1 Å². The number of amides is 1. The van der Waals surface area contributed by atoms with E-state index in [4.69, 9.17) is 0 Å². The lowest BCUT2D eigenvalue weighted by Gasteiger charge is -2.08. The van der Waals surface area contributed by atoms with Crippen molar-refractivity contribution in [3.63, 3.8) is 0 Å². The van der Waals surface area contributed by atoms with E-state index in [1.807, 2.05) is 0 Å². The van der Waals surface area contributed by atoms with Crippen LogP contribution >= 0.6 is 15.9 Å². The molecule has 27 heavy (non-hydrogen) atoms. The fourth-order valence-electron chi connectivity index (χ4n) is 1.85. The second kappa shape index (κ2) is 8.76. The number of carbonyl (C=O) groups excluding carboxylic acids is 2. The Morgan fingerprint density at radius 1 is 0.926 bits per heavy atom. The highest BCUT2D eigenvalue weighted by Gasteiger charge is 2.26. The largest absolute Gasteiger partial charge is 0.457 e. The van der Waals surface area contributed by atoms with Crippen LogP contribution in [0, 0.1) is 29.1 Å². The van der Waals surface area contributed by atoms with Gasteiger partial charge in [0.15, 0.2) is 23.3 Å². The van der Waals surface area contributed by atoms with Crippen molar-refractivity contribution in [1.82, 2.24) is 0 Å². The van der Waals surface area contributed by atoms with Crippen LogP contribution in [-0.4, -0.2) is 11.9 Å². The van der Waals surface area contributed by atoms with Crippen LogP contribution in [0.3, 0.4) is 0 Å². The topological polar surface area (TPSA) is 55.4 Å². The van der Waals surface area contributed by atoms with Crippen LogP contribution in [0.5, 0.6) is 0 Å². The molecule has 0 saturated heterocycles. The number of anilines is 1. The first-order valence-electron chi connectivity index (χ1n) is 7.13. The fourth-order valence-corrected chi connectivity index (χ4v) is 2.23. The van der Waals surface area contributed by atoms with Crippen LogP contribution in [-0.2, 0) is 20.9 Å². The molecule has 0 radical (unpaired) electrons. The van der Waals surface area contributed by atoms with Gasteiger partial charge in [-0.05, 0) is 28.1 Å². The molecule has 0 saturated carbocycles. The van der Waals surface area contributed by atoms with Crippen LogP contribution in [0.4, 0.5) is 27.6 Å². The van der Waals surface area contributed by atoms with E-state index in [0.29, 0.717) is 16.2 Å². The summed E-state index contributed by atoms with van der Waals surface area (Å²) in [6.45, 7) is -1.21. The lowest BCUT2D eigenvalue weighted by molar-refractivity contribution is -0.139. The maximum Gasteiger partial charge on any atom is 0.331 e. The maximum atomic E-state index is 13.4. The van der Waals surface area contributed by atoms with Crippen LogP contribution in [0.25, 0.3) is 0 Å². The molecule has 0 unspecified atom stereocenters. The Kier molecular flexibility index (Phi) is 6.67. The standard InChI is InChI=1S/C17H9BrF5NO3/c18-9-3-1-2-4-10(9)24-11(25)5-6-12(26)27-7-8-13(19)15(21)17(23)16(22)14(8)20/h1-6H,7H2,(H,24,25)/b6-5+. The van der Waals surface area contributed by atoms with Gasteiger partial charge in [0.05, 0.1) is 11.3 Å². The van der Waals surface area contributed by atoms with Crippen molar-refractivity contribution in [3.8, 4) is 0 Å². The SMILES string of the molecule is O=C(/C=C/C(=O)OCc1c(F)c(F)c(F)c(F)c1F)Nc1ccccc1Br. The van der Waals surface area contributed by atoms with Crippen molar-refractivity contribution < 1.29 is 36.3 Å². The van der Waals surface area contributed by atoms with Gasteiger partial charge in [0, 0.05) is 16.6 Å². The number of benzene rings is 2. The molecule has 0 aliphatic rings. The third-order valence-electron chi connectivity index (χ3n) is 3.16. The molecule has 1 N–H and O–H groups in total. The van der Waals surface area contributed by atoms with Gasteiger partial charge in [-0.3, -0.25) is 4.79 Å². The van der Waals surface area contributed by atoms with E-state index in [1.165, 1.54) is 0 Å². The lowest BCUT2D eigenvalue weighted by atomic mass is 10.2. The number of para-hydroxylation sites is 1. The number of halogens is 6. The summed E-state index contributed by atoms with van der Waals surface area (Å²) in [5.41, 5.74) is -0.882. The highest BCUT2D eigenvalue weighted by molar-refractivity contribution is 9.10. The third kappa shape index (κ3) is 4.91. The van der Waals surface area contributed by atoms with Gasteiger partial charge in [0.2, 0.25) is 11.7 Å². The molecule has 2 aromatic carbocycles. The summed E-state index contributed by atoms with van der Waals surface area (Å²) in [5.74, 6) is -12.8. The molecular weight excluding hydrogens is 441 g/mol. The number of carbonyl (C=O) groups is 2. The van der Waals surface area contributed by atoms with Crippen LogP contribution in [0.2, 0.25) is 0 Å². The molecule has 2 aromatic rings. The molecule has 0 aliphatic heterocycles. The molecule has 0 fully saturated rings. The highest BCUT2D eigenvalue weighted by Crippen LogP contribution is 2.24. The molecule has 10 heteroatoms. The summed E-state index contributed by atoms with van der Waals surface area (Å²) in [4.78, 5) is 23.2. The van der Waals surface area contributed by atoms with E-state index in [-0.39, 0.29) is 0 Å². The van der Waals surface area contributed by atoms with Crippen LogP contribution in [0.1, 0.15) is 5.56 Å². The summed E-state index contributed by atoms with van der Waals surface area (Å²) in [5, 5.41) is 2.44. The quantitative estimate of drug-likeness (QED) is 0.242. The third-order valence-corrected chi connectivity index (χ3v) is 3.85. The monoisotopic (exact) mass is 449 g/mol. The van der Waals surface area contributed by atoms with E-state index >= 15 is 0 Å². The van der Waals surface area contributed by atoms with Gasteiger partial charge in [-0.25, -0.2) is 26.7 Å². The lowest BCUT2D eigenvalue weighted by Crippen LogP contribution is -2.12. The molecule has 0 aliphatic carbocycles. The minimum absolute atomic E-state index is 0.418. The summed E-state index contributed by atoms with van der Waals surface area (Å²) >= 11 is 3.20. The summed E-state index contributed by atoms with van der Waals surface area (Å²) in [6.07, 6.45) is 1.42. The van der Waals surface area contributed by atoms with Gasteiger partial charge >= 0.3 is 5.97 Å². The van der Waals surface area contributed by atoms with Crippen molar-refractivity contribution in [3.05, 3.63) is 75.5 Å². The Morgan fingerprint density at radius 2 is 1.48 bits per heavy atom. The molecule has 1 amide bonds. The molecule has 0 bridgehead atoms. The second-order valence-electron chi connectivity index (χ2n) is 4.96. The number of hydrogen-bond acceptors (Lipinski definition) is 3. The predicted molar refractivity (Wildman–Crippen MR) is 87.9 cm³/mol. The zero-order valence-electron chi connectivity index (χ0n) is 13.2. The molecule has 0 aromatic heterocycles. The van der Waals surface area contributed by atoms with E-state index in [1.54, 1.807) is 24.3 Å². The van der Waals surface area contributed by atoms with Crippen molar-refractivity contribution >= 4 is 33.5 Å². The predicted octanol–water partition coefficient (Wildman–Crippen LogP) is 4.38. The Hall–Kier alpha value is -2.75. The Balaban J connectivity index is 2.00. The average molecular weight is 450 g/mol. The zero-order valence-corrected chi connectivity index (χ0v) is 14.7. The van der Waals surface area contributed by atoms with Gasteiger partial charge in [-0.15, -0.1) is 0 Å². The summed E-state index contributed by atoms with van der Waals surface area (Å²) < 4.78 is 70.9. The number of hydrogen-bond donors (Lipinski definition) is 1. The number of nitrogens with one attached hydrogen (secondary N) is 1. The molecule has 0 spiro atoms. The first-order valence-corrected chi connectivity index (χ1v) is 7.92. The van der Waals surface area contributed by atoms with Crippen molar-refractivity contribution in [1.29, 1.82) is 0 Å². The highest BCUT2D eigenvalue weighted by atomic mass is 79.9. The van der Waals surface area contributed by atoms with Crippen LogP contribution in [0.15, 0.2) is 40.9 Å². The van der Waals surface area contributed by atoms with E-state index in [2.05, 4.69) is 26.0 Å². The normalized spacial score (nSPS) is 10.9.